The number of alkyl carbamates (subject to hydrolysis) is 1. The third-order valence-electron chi connectivity index (χ3n) is 4.46. The lowest BCUT2D eigenvalue weighted by molar-refractivity contribution is -0.145. The SMILES string of the molecule is COC(=O)[C@@H](Cc1ccccc1)NC(=O)[C@@H](C)NC(=O)[C@H](NC(=O)OC(C)(C)C)C(C)C. The number of nitrogens with one attached hydrogen (secondary N) is 3. The number of benzene rings is 1. The summed E-state index contributed by atoms with van der Waals surface area (Å²) in [4.78, 5) is 49.6. The Hall–Kier alpha value is -3.10. The maximum absolute atomic E-state index is 12.7. The number of hydrogen-bond acceptors (Lipinski definition) is 6. The van der Waals surface area contributed by atoms with E-state index >= 15 is 0 Å². The minimum atomic E-state index is -0.952. The highest BCUT2D eigenvalue weighted by molar-refractivity contribution is 5.93. The normalized spacial score (nSPS) is 14.0. The van der Waals surface area contributed by atoms with Crippen molar-refractivity contribution in [1.29, 1.82) is 0 Å². The maximum atomic E-state index is 12.7. The van der Waals surface area contributed by atoms with Crippen LogP contribution < -0.4 is 16.0 Å². The fourth-order valence-corrected chi connectivity index (χ4v) is 2.82. The number of carbonyl (C=O) groups is 4. The summed E-state index contributed by atoms with van der Waals surface area (Å²) >= 11 is 0. The minimum Gasteiger partial charge on any atom is -0.467 e. The van der Waals surface area contributed by atoms with E-state index in [9.17, 15) is 19.2 Å². The number of rotatable bonds is 9. The Balaban J connectivity index is 2.78. The third kappa shape index (κ3) is 9.36. The Morgan fingerprint density at radius 1 is 0.906 bits per heavy atom. The number of amides is 3. The Morgan fingerprint density at radius 2 is 1.50 bits per heavy atom. The van der Waals surface area contributed by atoms with Crippen LogP contribution in [0.1, 0.15) is 47.1 Å². The molecule has 0 unspecified atom stereocenters. The van der Waals surface area contributed by atoms with Gasteiger partial charge in [-0.15, -0.1) is 0 Å². The first-order valence-corrected chi connectivity index (χ1v) is 10.6. The first-order valence-electron chi connectivity index (χ1n) is 10.6. The van der Waals surface area contributed by atoms with Crippen molar-refractivity contribution in [2.24, 2.45) is 5.92 Å². The summed E-state index contributed by atoms with van der Waals surface area (Å²) in [6.07, 6.45) is -0.480. The van der Waals surface area contributed by atoms with Gasteiger partial charge in [-0.25, -0.2) is 9.59 Å². The van der Waals surface area contributed by atoms with Gasteiger partial charge >= 0.3 is 12.1 Å². The molecule has 0 aliphatic rings. The Bertz CT molecular complexity index is 789. The topological polar surface area (TPSA) is 123 Å². The van der Waals surface area contributed by atoms with E-state index in [0.29, 0.717) is 0 Å². The fourth-order valence-electron chi connectivity index (χ4n) is 2.82. The van der Waals surface area contributed by atoms with Gasteiger partial charge in [0.15, 0.2) is 0 Å². The average molecular weight is 450 g/mol. The number of ether oxygens (including phenoxy) is 2. The molecule has 0 fully saturated rings. The molecule has 3 amide bonds. The van der Waals surface area contributed by atoms with Crippen molar-refractivity contribution >= 4 is 23.9 Å². The van der Waals surface area contributed by atoms with Crippen molar-refractivity contribution in [1.82, 2.24) is 16.0 Å². The van der Waals surface area contributed by atoms with Gasteiger partial charge in [-0.3, -0.25) is 9.59 Å². The van der Waals surface area contributed by atoms with Crippen molar-refractivity contribution in [2.45, 2.75) is 71.7 Å². The summed E-state index contributed by atoms with van der Waals surface area (Å²) < 4.78 is 10.0. The molecule has 3 atom stereocenters. The summed E-state index contributed by atoms with van der Waals surface area (Å²) in [6.45, 7) is 10.2. The van der Waals surface area contributed by atoms with Gasteiger partial charge in [0.2, 0.25) is 11.8 Å². The molecule has 0 aromatic heterocycles. The van der Waals surface area contributed by atoms with Crippen LogP contribution in [0.4, 0.5) is 4.79 Å². The summed E-state index contributed by atoms with van der Waals surface area (Å²) in [6, 6.07) is 6.42. The smallest absolute Gasteiger partial charge is 0.408 e. The molecule has 0 saturated heterocycles. The van der Waals surface area contributed by atoms with E-state index in [-0.39, 0.29) is 12.3 Å². The number of carbonyl (C=O) groups excluding carboxylic acids is 4. The average Bonchev–Trinajstić information content (AvgIpc) is 2.69. The zero-order chi connectivity index (χ0) is 24.5. The van der Waals surface area contributed by atoms with Crippen LogP contribution in [0.25, 0.3) is 0 Å². The molecule has 3 N–H and O–H groups in total. The van der Waals surface area contributed by atoms with Gasteiger partial charge < -0.3 is 25.4 Å². The van der Waals surface area contributed by atoms with Crippen molar-refractivity contribution in [2.75, 3.05) is 7.11 Å². The van der Waals surface area contributed by atoms with Crippen molar-refractivity contribution in [3.05, 3.63) is 35.9 Å². The van der Waals surface area contributed by atoms with Crippen molar-refractivity contribution in [3.8, 4) is 0 Å². The second kappa shape index (κ2) is 12.1. The first-order chi connectivity index (χ1) is 14.8. The number of methoxy groups -OCH3 is 1. The van der Waals surface area contributed by atoms with E-state index in [1.165, 1.54) is 14.0 Å². The van der Waals surface area contributed by atoms with Crippen LogP contribution >= 0.6 is 0 Å². The van der Waals surface area contributed by atoms with E-state index in [1.807, 2.05) is 30.3 Å². The van der Waals surface area contributed by atoms with Crippen LogP contribution in [-0.2, 0) is 30.3 Å². The molecule has 0 radical (unpaired) electrons. The van der Waals surface area contributed by atoms with E-state index in [2.05, 4.69) is 16.0 Å². The van der Waals surface area contributed by atoms with Crippen molar-refractivity contribution in [3.63, 3.8) is 0 Å². The molecule has 9 heteroatoms. The highest BCUT2D eigenvalue weighted by Gasteiger charge is 2.30. The number of hydrogen-bond donors (Lipinski definition) is 3. The van der Waals surface area contributed by atoms with E-state index in [4.69, 9.17) is 9.47 Å². The molecular formula is C23H35N3O6. The number of esters is 1. The molecule has 0 aliphatic carbocycles. The van der Waals surface area contributed by atoms with Gasteiger partial charge in [-0.05, 0) is 39.2 Å². The standard InChI is InChI=1S/C23H35N3O6/c1-14(2)18(26-22(30)32-23(4,5)6)20(28)24-15(3)19(27)25-17(21(29)31-7)13-16-11-9-8-10-12-16/h8-12,14-15,17-18H,13H2,1-7H3,(H,24,28)(H,25,27)(H,26,30)/t15-,17-,18-/m1/s1. The molecule has 0 heterocycles. The van der Waals surface area contributed by atoms with Crippen LogP contribution in [0.5, 0.6) is 0 Å². The van der Waals surface area contributed by atoms with Crippen molar-refractivity contribution < 1.29 is 28.7 Å². The third-order valence-corrected chi connectivity index (χ3v) is 4.46. The Kier molecular flexibility index (Phi) is 10.2. The molecule has 178 valence electrons. The summed E-state index contributed by atoms with van der Waals surface area (Å²) in [5.74, 6) is -1.93. The van der Waals surface area contributed by atoms with Gasteiger partial charge in [-0.2, -0.15) is 0 Å². The Morgan fingerprint density at radius 3 is 2.00 bits per heavy atom. The van der Waals surface area contributed by atoms with Crippen LogP contribution in [0.2, 0.25) is 0 Å². The van der Waals surface area contributed by atoms with Gasteiger partial charge in [0.25, 0.3) is 0 Å². The van der Waals surface area contributed by atoms with E-state index < -0.39 is 47.6 Å². The van der Waals surface area contributed by atoms with Crippen LogP contribution in [0, 0.1) is 5.92 Å². The molecule has 0 spiro atoms. The van der Waals surface area contributed by atoms with Gasteiger partial charge in [-0.1, -0.05) is 44.2 Å². The molecule has 9 nitrogen and oxygen atoms in total. The zero-order valence-electron chi connectivity index (χ0n) is 19.9. The predicted molar refractivity (Wildman–Crippen MR) is 120 cm³/mol. The summed E-state index contributed by atoms with van der Waals surface area (Å²) in [5.41, 5.74) is 0.137. The van der Waals surface area contributed by atoms with Gasteiger partial charge in [0, 0.05) is 6.42 Å². The second-order valence-electron chi connectivity index (χ2n) is 8.87. The highest BCUT2D eigenvalue weighted by atomic mass is 16.6. The largest absolute Gasteiger partial charge is 0.467 e. The molecule has 1 aromatic rings. The minimum absolute atomic E-state index is 0.245. The molecule has 1 aromatic carbocycles. The Labute approximate surface area is 189 Å². The van der Waals surface area contributed by atoms with E-state index in [1.54, 1.807) is 34.6 Å². The summed E-state index contributed by atoms with van der Waals surface area (Å²) in [7, 11) is 1.24. The first kappa shape index (κ1) is 26.9. The summed E-state index contributed by atoms with van der Waals surface area (Å²) in [5, 5.41) is 7.74. The molecule has 0 saturated carbocycles. The lowest BCUT2D eigenvalue weighted by Gasteiger charge is -2.26. The lowest BCUT2D eigenvalue weighted by atomic mass is 10.0. The molecular weight excluding hydrogens is 414 g/mol. The second-order valence-corrected chi connectivity index (χ2v) is 8.87. The monoisotopic (exact) mass is 449 g/mol. The molecule has 1 rings (SSSR count). The van der Waals surface area contributed by atoms with Gasteiger partial charge in [0.05, 0.1) is 7.11 Å². The highest BCUT2D eigenvalue weighted by Crippen LogP contribution is 2.09. The van der Waals surface area contributed by atoms with Crippen LogP contribution in [-0.4, -0.2) is 54.7 Å². The van der Waals surface area contributed by atoms with Gasteiger partial charge in [0.1, 0.15) is 23.7 Å². The fraction of sp³-hybridized carbons (Fsp3) is 0.565. The molecule has 0 bridgehead atoms. The van der Waals surface area contributed by atoms with Crippen LogP contribution in [0.3, 0.4) is 0 Å². The maximum Gasteiger partial charge on any atom is 0.408 e. The zero-order valence-corrected chi connectivity index (χ0v) is 19.9. The quantitative estimate of drug-likeness (QED) is 0.495. The van der Waals surface area contributed by atoms with E-state index in [0.717, 1.165) is 5.56 Å². The predicted octanol–water partition coefficient (Wildman–Crippen LogP) is 1.94. The lowest BCUT2D eigenvalue weighted by Crippen LogP contribution is -2.56. The molecule has 0 aliphatic heterocycles. The molecule has 32 heavy (non-hydrogen) atoms. The van der Waals surface area contributed by atoms with Crippen LogP contribution in [0.15, 0.2) is 30.3 Å².